The lowest BCUT2D eigenvalue weighted by Gasteiger charge is -2.23. The summed E-state index contributed by atoms with van der Waals surface area (Å²) in [6, 6.07) is 0. The minimum atomic E-state index is -0.827. The number of hydrogen-bond donors (Lipinski definition) is 1. The van der Waals surface area contributed by atoms with Crippen LogP contribution in [0, 0.1) is 0 Å². The Bertz CT molecular complexity index is 154. The summed E-state index contributed by atoms with van der Waals surface area (Å²) in [6.07, 6.45) is 1.19. The Morgan fingerprint density at radius 3 is 2.64 bits per heavy atom. The molecule has 1 rings (SSSR count). The van der Waals surface area contributed by atoms with E-state index in [4.69, 9.17) is 0 Å². The van der Waals surface area contributed by atoms with Crippen molar-refractivity contribution in [2.75, 3.05) is 26.2 Å². The number of amides is 1. The van der Waals surface area contributed by atoms with Crippen molar-refractivity contribution in [1.29, 1.82) is 0 Å². The summed E-state index contributed by atoms with van der Waals surface area (Å²) in [5.41, 5.74) is 3.49. The molecule has 0 atom stereocenters. The number of nitrogens with one attached hydrogen (secondary N) is 1. The number of rotatable bonds is 2. The van der Waals surface area contributed by atoms with E-state index >= 15 is 0 Å². The van der Waals surface area contributed by atoms with Crippen molar-refractivity contribution in [3.8, 4) is 0 Å². The van der Waals surface area contributed by atoms with Gasteiger partial charge in [0.15, 0.2) is 0 Å². The molecule has 5 nitrogen and oxygen atoms in total. The predicted octanol–water partition coefficient (Wildman–Crippen LogP) is -1.95. The van der Waals surface area contributed by atoms with Gasteiger partial charge in [0.25, 0.3) is 6.29 Å². The molecule has 1 fully saturated rings. The van der Waals surface area contributed by atoms with Crippen molar-refractivity contribution in [1.82, 2.24) is 15.8 Å². The molecule has 11 heavy (non-hydrogen) atoms. The first-order valence-electron chi connectivity index (χ1n) is 3.42. The zero-order valence-electron chi connectivity index (χ0n) is 6.04. The standard InChI is InChI=1S/C6H9N3O2/c10-5-6(11)8-9-3-1-7-2-4-9/h7H,1-4H2. The Balaban J connectivity index is 2.24. The maximum atomic E-state index is 10.4. The molecular formula is C6H9N3O2. The highest BCUT2D eigenvalue weighted by Gasteiger charge is 2.13. The maximum absolute atomic E-state index is 10.4. The van der Waals surface area contributed by atoms with E-state index in [9.17, 15) is 9.59 Å². The first-order valence-corrected chi connectivity index (χ1v) is 3.42. The van der Waals surface area contributed by atoms with Crippen LogP contribution >= 0.6 is 0 Å². The molecule has 1 aliphatic heterocycles. The van der Waals surface area contributed by atoms with Gasteiger partial charge in [0.2, 0.25) is 0 Å². The summed E-state index contributed by atoms with van der Waals surface area (Å²) in [5, 5.41) is 4.67. The monoisotopic (exact) mass is 155 g/mol. The molecule has 1 heterocycles. The van der Waals surface area contributed by atoms with Gasteiger partial charge in [0.05, 0.1) is 0 Å². The highest BCUT2D eigenvalue weighted by Crippen LogP contribution is 1.87. The number of nitrogens with zero attached hydrogens (tertiary/aromatic N) is 2. The molecule has 1 aliphatic rings. The SMILES string of the molecule is O=[C]C(=O)[N]N1CCNCC1. The van der Waals surface area contributed by atoms with E-state index in [0.717, 1.165) is 13.1 Å². The van der Waals surface area contributed by atoms with Gasteiger partial charge in [-0.2, -0.15) is 10.4 Å². The second-order valence-electron chi connectivity index (χ2n) is 2.21. The Morgan fingerprint density at radius 1 is 1.45 bits per heavy atom. The Hall–Kier alpha value is -0.940. The fourth-order valence-corrected chi connectivity index (χ4v) is 0.902. The predicted molar refractivity (Wildman–Crippen MR) is 37.3 cm³/mol. The van der Waals surface area contributed by atoms with Crippen LogP contribution in [0.3, 0.4) is 0 Å². The van der Waals surface area contributed by atoms with Crippen molar-refractivity contribution in [3.63, 3.8) is 0 Å². The molecule has 0 aliphatic carbocycles. The minimum Gasteiger partial charge on any atom is -0.314 e. The average molecular weight is 155 g/mol. The van der Waals surface area contributed by atoms with Crippen LogP contribution in [0.2, 0.25) is 0 Å². The maximum Gasteiger partial charge on any atom is 0.333 e. The van der Waals surface area contributed by atoms with Crippen molar-refractivity contribution < 1.29 is 9.59 Å². The third-order valence-electron chi connectivity index (χ3n) is 1.41. The van der Waals surface area contributed by atoms with Crippen molar-refractivity contribution >= 4 is 12.2 Å². The van der Waals surface area contributed by atoms with E-state index in [-0.39, 0.29) is 0 Å². The molecule has 0 bridgehead atoms. The number of hydrogen-bond acceptors (Lipinski definition) is 4. The van der Waals surface area contributed by atoms with Gasteiger partial charge >= 0.3 is 5.91 Å². The molecular weight excluding hydrogens is 146 g/mol. The fourth-order valence-electron chi connectivity index (χ4n) is 0.902. The second kappa shape index (κ2) is 4.05. The van der Waals surface area contributed by atoms with Gasteiger partial charge in [-0.05, 0) is 0 Å². The average Bonchev–Trinajstić information content (AvgIpc) is 2.06. The zero-order valence-corrected chi connectivity index (χ0v) is 6.04. The first kappa shape index (κ1) is 8.16. The van der Waals surface area contributed by atoms with Crippen LogP contribution in [0.1, 0.15) is 0 Å². The molecule has 2 radical (unpaired) electrons. The third kappa shape index (κ3) is 2.65. The fraction of sp³-hybridized carbons (Fsp3) is 0.667. The molecule has 0 spiro atoms. The number of piperazine rings is 1. The number of carbonyl (C=O) groups is 1. The Morgan fingerprint density at radius 2 is 2.09 bits per heavy atom. The highest BCUT2D eigenvalue weighted by atomic mass is 16.2. The summed E-state index contributed by atoms with van der Waals surface area (Å²) in [5.74, 6) is -0.827. The Kier molecular flexibility index (Phi) is 3.00. The number of carbonyl (C=O) groups excluding carboxylic acids is 2. The van der Waals surface area contributed by atoms with Gasteiger partial charge < -0.3 is 5.32 Å². The normalized spacial score (nSPS) is 19.3. The van der Waals surface area contributed by atoms with E-state index in [0.29, 0.717) is 13.1 Å². The molecule has 0 saturated carbocycles. The van der Waals surface area contributed by atoms with Crippen LogP contribution in [0.15, 0.2) is 0 Å². The van der Waals surface area contributed by atoms with Gasteiger partial charge in [-0.1, -0.05) is 0 Å². The smallest absolute Gasteiger partial charge is 0.314 e. The van der Waals surface area contributed by atoms with E-state index in [1.165, 1.54) is 6.29 Å². The summed E-state index contributed by atoms with van der Waals surface area (Å²) in [6.45, 7) is 2.95. The first-order chi connectivity index (χ1) is 5.33. The van der Waals surface area contributed by atoms with Gasteiger partial charge in [-0.15, -0.1) is 0 Å². The lowest BCUT2D eigenvalue weighted by atomic mass is 10.4. The summed E-state index contributed by atoms with van der Waals surface area (Å²) < 4.78 is 0. The molecule has 0 aromatic rings. The highest BCUT2D eigenvalue weighted by molar-refractivity contribution is 6.23. The molecule has 1 saturated heterocycles. The summed E-state index contributed by atoms with van der Waals surface area (Å²) in [7, 11) is 0. The van der Waals surface area contributed by atoms with Gasteiger partial charge in [-0.3, -0.25) is 9.59 Å². The van der Waals surface area contributed by atoms with Gasteiger partial charge in [-0.25, -0.2) is 0 Å². The van der Waals surface area contributed by atoms with Gasteiger partial charge in [0, 0.05) is 26.2 Å². The van der Waals surface area contributed by atoms with Crippen LogP contribution < -0.4 is 10.7 Å². The lowest BCUT2D eigenvalue weighted by Crippen LogP contribution is -2.48. The van der Waals surface area contributed by atoms with E-state index in [1.807, 2.05) is 0 Å². The molecule has 0 aromatic heterocycles. The molecule has 1 N–H and O–H groups in total. The molecule has 60 valence electrons. The van der Waals surface area contributed by atoms with Crippen LogP contribution in [0.25, 0.3) is 0 Å². The molecule has 0 aromatic carbocycles. The molecule has 1 amide bonds. The quantitative estimate of drug-likeness (QED) is 0.471. The third-order valence-corrected chi connectivity index (χ3v) is 1.41. The van der Waals surface area contributed by atoms with Crippen molar-refractivity contribution in [2.24, 2.45) is 0 Å². The minimum absolute atomic E-state index is 0.674. The van der Waals surface area contributed by atoms with Crippen LogP contribution in [0.5, 0.6) is 0 Å². The van der Waals surface area contributed by atoms with E-state index in [1.54, 1.807) is 5.01 Å². The van der Waals surface area contributed by atoms with Crippen LogP contribution in [-0.2, 0) is 9.59 Å². The van der Waals surface area contributed by atoms with Crippen molar-refractivity contribution in [2.45, 2.75) is 0 Å². The molecule has 0 unspecified atom stereocenters. The second-order valence-corrected chi connectivity index (χ2v) is 2.21. The van der Waals surface area contributed by atoms with E-state index in [2.05, 4.69) is 10.7 Å². The zero-order chi connectivity index (χ0) is 8.10. The molecule has 5 heteroatoms. The van der Waals surface area contributed by atoms with Crippen molar-refractivity contribution in [3.05, 3.63) is 0 Å². The van der Waals surface area contributed by atoms with Gasteiger partial charge in [0.1, 0.15) is 0 Å². The van der Waals surface area contributed by atoms with Crippen LogP contribution in [-0.4, -0.2) is 43.4 Å². The lowest BCUT2D eigenvalue weighted by molar-refractivity contribution is -0.120. The topological polar surface area (TPSA) is 63.5 Å². The largest absolute Gasteiger partial charge is 0.333 e. The summed E-state index contributed by atoms with van der Waals surface area (Å²) >= 11 is 0. The van der Waals surface area contributed by atoms with E-state index < -0.39 is 5.91 Å². The van der Waals surface area contributed by atoms with Crippen LogP contribution in [0.4, 0.5) is 0 Å². The summed E-state index contributed by atoms with van der Waals surface area (Å²) in [4.78, 5) is 20.2. The Labute approximate surface area is 64.7 Å².